The van der Waals surface area contributed by atoms with Crippen LogP contribution in [0.4, 0.5) is 0 Å². The molecular weight excluding hydrogens is 267 g/mol. The van der Waals surface area contributed by atoms with E-state index < -0.39 is 0 Å². The Labute approximate surface area is 105 Å². The van der Waals surface area contributed by atoms with Crippen LogP contribution in [0.5, 0.6) is 0 Å². The molecule has 3 heteroatoms. The van der Waals surface area contributed by atoms with E-state index in [4.69, 9.17) is 4.42 Å². The monoisotopic (exact) mass is 288 g/mol. The Hall–Kier alpha value is -0.531. The van der Waals surface area contributed by atoms with Crippen LogP contribution in [-0.2, 0) is 10.8 Å². The van der Waals surface area contributed by atoms with Crippen LogP contribution in [0.2, 0.25) is 0 Å². The van der Waals surface area contributed by atoms with Crippen molar-refractivity contribution in [3.05, 3.63) is 27.8 Å². The first-order valence-corrected chi connectivity index (χ1v) is 6.35. The second-order valence-corrected chi connectivity index (χ2v) is 7.09. The van der Waals surface area contributed by atoms with E-state index in [1.165, 1.54) is 0 Å². The summed E-state index contributed by atoms with van der Waals surface area (Å²) >= 11 is 2.33. The Morgan fingerprint density at radius 1 is 1.06 bits per heavy atom. The van der Waals surface area contributed by atoms with Gasteiger partial charge in [-0.3, -0.25) is 0 Å². The van der Waals surface area contributed by atoms with Gasteiger partial charge in [-0.05, 0) is 0 Å². The first kappa shape index (κ1) is 13.5. The van der Waals surface area contributed by atoms with Gasteiger partial charge in [-0.15, -0.1) is 0 Å². The van der Waals surface area contributed by atoms with E-state index in [1.807, 2.05) is 20.8 Å². The fraction of sp³-hybridized carbons (Fsp3) is 0.615. The quantitative estimate of drug-likeness (QED) is 0.681. The molecular formula is C13H20O2Se. The van der Waals surface area contributed by atoms with Crippen LogP contribution >= 0.6 is 0 Å². The van der Waals surface area contributed by atoms with Crippen LogP contribution in [0, 0.1) is 0 Å². The Morgan fingerprint density at radius 2 is 1.56 bits per heavy atom. The van der Waals surface area contributed by atoms with Gasteiger partial charge in [0.2, 0.25) is 0 Å². The van der Waals surface area contributed by atoms with Crippen LogP contribution in [-0.4, -0.2) is 16.0 Å². The molecule has 0 fully saturated rings. The zero-order chi connectivity index (χ0) is 12.7. The third-order valence-corrected chi connectivity index (χ3v) is 3.23. The van der Waals surface area contributed by atoms with Gasteiger partial charge in [-0.1, -0.05) is 0 Å². The summed E-state index contributed by atoms with van der Waals surface area (Å²) in [6, 6.07) is 1.60. The molecule has 0 N–H and O–H groups in total. The van der Waals surface area contributed by atoms with Crippen molar-refractivity contribution in [3.8, 4) is 0 Å². The van der Waals surface area contributed by atoms with Gasteiger partial charge in [-0.25, -0.2) is 0 Å². The van der Waals surface area contributed by atoms with E-state index in [9.17, 15) is 4.79 Å². The molecule has 2 nitrogen and oxygen atoms in total. The maximum atomic E-state index is 11.9. The van der Waals surface area contributed by atoms with Crippen molar-refractivity contribution in [2.24, 2.45) is 0 Å². The van der Waals surface area contributed by atoms with E-state index in [0.29, 0.717) is 4.46 Å². The van der Waals surface area contributed by atoms with E-state index >= 15 is 0 Å². The summed E-state index contributed by atoms with van der Waals surface area (Å²) in [6.45, 7) is 12.3. The normalized spacial score (nSPS) is 12.9. The minimum atomic E-state index is -0.150. The molecule has 0 saturated heterocycles. The van der Waals surface area contributed by atoms with Crippen molar-refractivity contribution >= 4 is 20.5 Å². The topological polar surface area (TPSA) is 30.2 Å². The standard InChI is InChI=1S/C13H20O2Se/c1-12(2,3)9-7-8(14)10(16)11(15-9)13(4,5)6/h7,16H,1-6H3. The van der Waals surface area contributed by atoms with E-state index in [1.54, 1.807) is 6.07 Å². The second kappa shape index (κ2) is 4.05. The van der Waals surface area contributed by atoms with Gasteiger partial charge in [0.15, 0.2) is 0 Å². The predicted octanol–water partition coefficient (Wildman–Crippen LogP) is 1.76. The maximum absolute atomic E-state index is 11.9. The number of hydrogen-bond donors (Lipinski definition) is 0. The molecule has 1 aromatic heterocycles. The Balaban J connectivity index is 3.53. The van der Waals surface area contributed by atoms with Crippen molar-refractivity contribution in [2.45, 2.75) is 52.4 Å². The molecule has 0 spiro atoms. The number of hydrogen-bond acceptors (Lipinski definition) is 2. The zero-order valence-electron chi connectivity index (χ0n) is 10.8. The molecule has 0 unspecified atom stereocenters. The van der Waals surface area contributed by atoms with E-state index in [2.05, 4.69) is 36.8 Å². The van der Waals surface area contributed by atoms with Crippen LogP contribution in [0.25, 0.3) is 0 Å². The zero-order valence-corrected chi connectivity index (χ0v) is 12.7. The predicted molar refractivity (Wildman–Crippen MR) is 69.2 cm³/mol. The average Bonchev–Trinajstić information content (AvgIpc) is 2.05. The molecule has 0 aromatic carbocycles. The Morgan fingerprint density at radius 3 is 1.94 bits per heavy atom. The summed E-state index contributed by atoms with van der Waals surface area (Å²) in [5.41, 5.74) is -0.246. The molecule has 1 rings (SSSR count). The number of rotatable bonds is 0. The first-order chi connectivity index (χ1) is 7.03. The molecule has 0 aliphatic heterocycles. The van der Waals surface area contributed by atoms with Crippen molar-refractivity contribution < 1.29 is 4.42 Å². The molecule has 90 valence electrons. The van der Waals surface area contributed by atoms with Gasteiger partial charge in [0.05, 0.1) is 0 Å². The van der Waals surface area contributed by atoms with Gasteiger partial charge in [-0.2, -0.15) is 0 Å². The van der Waals surface area contributed by atoms with Gasteiger partial charge in [0.25, 0.3) is 0 Å². The van der Waals surface area contributed by atoms with Crippen LogP contribution in [0.3, 0.4) is 0 Å². The molecule has 0 atom stereocenters. The van der Waals surface area contributed by atoms with Crippen LogP contribution in [0.15, 0.2) is 15.3 Å². The molecule has 0 aliphatic carbocycles. The molecule has 0 bridgehead atoms. The Kier molecular flexibility index (Phi) is 3.42. The molecule has 16 heavy (non-hydrogen) atoms. The molecule has 1 aromatic rings. The summed E-state index contributed by atoms with van der Waals surface area (Å²) in [6.07, 6.45) is 0. The summed E-state index contributed by atoms with van der Waals surface area (Å²) in [5, 5.41) is 0. The summed E-state index contributed by atoms with van der Waals surface area (Å²) in [5.74, 6) is 1.52. The molecule has 0 radical (unpaired) electrons. The third kappa shape index (κ3) is 2.78. The second-order valence-electron chi connectivity index (χ2n) is 6.15. The van der Waals surface area contributed by atoms with Crippen molar-refractivity contribution in [2.75, 3.05) is 0 Å². The average molecular weight is 287 g/mol. The van der Waals surface area contributed by atoms with Gasteiger partial charge < -0.3 is 0 Å². The van der Waals surface area contributed by atoms with Gasteiger partial charge >= 0.3 is 105 Å². The van der Waals surface area contributed by atoms with Crippen molar-refractivity contribution in [1.29, 1.82) is 0 Å². The van der Waals surface area contributed by atoms with E-state index in [-0.39, 0.29) is 16.3 Å². The minimum absolute atomic E-state index is 0.0427. The Bertz CT molecular complexity index is 444. The summed E-state index contributed by atoms with van der Waals surface area (Å²) in [4.78, 5) is 11.9. The molecule has 0 amide bonds. The molecule has 0 saturated carbocycles. The van der Waals surface area contributed by atoms with Crippen LogP contribution < -0.4 is 9.89 Å². The first-order valence-electron chi connectivity index (χ1n) is 5.41. The fourth-order valence-corrected chi connectivity index (χ4v) is 2.30. The SMILES string of the molecule is CC(C)(C)c1cc(=O)c([SeH])c(C(C)(C)C)o1. The molecule has 1 heterocycles. The summed E-state index contributed by atoms with van der Waals surface area (Å²) in [7, 11) is 0. The fourth-order valence-electron chi connectivity index (χ4n) is 1.36. The van der Waals surface area contributed by atoms with Gasteiger partial charge in [0.1, 0.15) is 0 Å². The van der Waals surface area contributed by atoms with Crippen LogP contribution in [0.1, 0.15) is 53.1 Å². The van der Waals surface area contributed by atoms with Crippen molar-refractivity contribution in [1.82, 2.24) is 0 Å². The van der Waals surface area contributed by atoms with Gasteiger partial charge in [0, 0.05) is 0 Å². The third-order valence-electron chi connectivity index (χ3n) is 2.34. The van der Waals surface area contributed by atoms with Crippen molar-refractivity contribution in [3.63, 3.8) is 0 Å². The summed E-state index contributed by atoms with van der Waals surface area (Å²) < 4.78 is 6.56. The molecule has 0 aliphatic rings. The van der Waals surface area contributed by atoms with E-state index in [0.717, 1.165) is 11.5 Å².